The van der Waals surface area contributed by atoms with Gasteiger partial charge < -0.3 is 10.6 Å². The lowest BCUT2D eigenvalue weighted by atomic mass is 10.1. The number of benzene rings is 1. The molecule has 0 saturated heterocycles. The van der Waals surface area contributed by atoms with Gasteiger partial charge in [0.15, 0.2) is 0 Å². The predicted octanol–water partition coefficient (Wildman–Crippen LogP) is 4.09. The van der Waals surface area contributed by atoms with Crippen LogP contribution in [-0.2, 0) is 0 Å². The Kier molecular flexibility index (Phi) is 5.47. The molecule has 1 aromatic rings. The van der Waals surface area contributed by atoms with Crippen LogP contribution in [0.2, 0.25) is 0 Å². The first-order valence-corrected chi connectivity index (χ1v) is 7.08. The van der Waals surface area contributed by atoms with Crippen LogP contribution in [0.1, 0.15) is 45.2 Å². The second-order valence-corrected chi connectivity index (χ2v) is 5.43. The maximum Gasteiger partial charge on any atom is 0.0377 e. The smallest absolute Gasteiger partial charge is 0.0377 e. The first-order valence-electron chi connectivity index (χ1n) is 6.29. The zero-order chi connectivity index (χ0) is 13.0. The Hall–Kier alpha value is -0.540. The SMILES string of the molecule is CCC(CC)N(C)c1ccc([C@H](C)N)c(Br)c1. The average Bonchev–Trinajstić information content (AvgIpc) is 2.29. The molecule has 3 heteroatoms. The standard InChI is InChI=1S/C14H23BrN2/c1-5-11(6-2)17(4)12-7-8-13(10(3)16)14(15)9-12/h7-11H,5-6,16H2,1-4H3/t10-/m0/s1. The zero-order valence-electron chi connectivity index (χ0n) is 11.2. The highest BCUT2D eigenvalue weighted by atomic mass is 79.9. The van der Waals surface area contributed by atoms with Gasteiger partial charge in [0.2, 0.25) is 0 Å². The van der Waals surface area contributed by atoms with Gasteiger partial charge in [-0.15, -0.1) is 0 Å². The lowest BCUT2D eigenvalue weighted by Crippen LogP contribution is -2.30. The minimum absolute atomic E-state index is 0.0666. The molecule has 0 bridgehead atoms. The van der Waals surface area contributed by atoms with Crippen molar-refractivity contribution in [1.82, 2.24) is 0 Å². The van der Waals surface area contributed by atoms with Crippen LogP contribution < -0.4 is 10.6 Å². The summed E-state index contributed by atoms with van der Waals surface area (Å²) in [6.45, 7) is 6.47. The van der Waals surface area contributed by atoms with Crippen molar-refractivity contribution >= 4 is 21.6 Å². The number of hydrogen-bond donors (Lipinski definition) is 1. The van der Waals surface area contributed by atoms with Gasteiger partial charge in [-0.05, 0) is 37.5 Å². The second kappa shape index (κ2) is 6.41. The van der Waals surface area contributed by atoms with Gasteiger partial charge in [-0.2, -0.15) is 0 Å². The van der Waals surface area contributed by atoms with Gasteiger partial charge >= 0.3 is 0 Å². The first-order chi connectivity index (χ1) is 8.01. The van der Waals surface area contributed by atoms with Crippen LogP contribution in [0.15, 0.2) is 22.7 Å². The largest absolute Gasteiger partial charge is 0.372 e. The molecule has 0 aliphatic rings. The van der Waals surface area contributed by atoms with E-state index in [1.54, 1.807) is 0 Å². The fraction of sp³-hybridized carbons (Fsp3) is 0.571. The van der Waals surface area contributed by atoms with Crippen LogP contribution in [0.4, 0.5) is 5.69 Å². The number of rotatable bonds is 5. The van der Waals surface area contributed by atoms with Gasteiger partial charge in [0.25, 0.3) is 0 Å². The van der Waals surface area contributed by atoms with Crippen molar-refractivity contribution in [3.05, 3.63) is 28.2 Å². The molecule has 0 aliphatic carbocycles. The van der Waals surface area contributed by atoms with Crippen molar-refractivity contribution in [2.45, 2.75) is 45.7 Å². The van der Waals surface area contributed by atoms with E-state index in [0.717, 1.165) is 10.0 Å². The van der Waals surface area contributed by atoms with E-state index in [-0.39, 0.29) is 6.04 Å². The molecular formula is C14H23BrN2. The summed E-state index contributed by atoms with van der Waals surface area (Å²) in [5.74, 6) is 0. The Labute approximate surface area is 113 Å². The molecule has 2 N–H and O–H groups in total. The molecule has 0 saturated carbocycles. The third-order valence-electron chi connectivity index (χ3n) is 3.37. The highest BCUT2D eigenvalue weighted by Crippen LogP contribution is 2.28. The first kappa shape index (κ1) is 14.5. The predicted molar refractivity (Wildman–Crippen MR) is 79.5 cm³/mol. The van der Waals surface area contributed by atoms with Gasteiger partial charge in [-0.1, -0.05) is 35.8 Å². The van der Waals surface area contributed by atoms with E-state index in [2.05, 4.69) is 59.9 Å². The Morgan fingerprint density at radius 3 is 2.29 bits per heavy atom. The molecule has 0 unspecified atom stereocenters. The maximum atomic E-state index is 5.91. The van der Waals surface area contributed by atoms with E-state index in [1.807, 2.05) is 6.92 Å². The van der Waals surface area contributed by atoms with Gasteiger partial charge in [0.1, 0.15) is 0 Å². The Bertz CT molecular complexity index is 359. The molecule has 2 nitrogen and oxygen atoms in total. The molecule has 17 heavy (non-hydrogen) atoms. The Balaban J connectivity index is 2.96. The zero-order valence-corrected chi connectivity index (χ0v) is 12.8. The van der Waals surface area contributed by atoms with E-state index in [1.165, 1.54) is 18.5 Å². The van der Waals surface area contributed by atoms with E-state index in [0.29, 0.717) is 6.04 Å². The highest BCUT2D eigenvalue weighted by molar-refractivity contribution is 9.10. The lowest BCUT2D eigenvalue weighted by Gasteiger charge is -2.29. The van der Waals surface area contributed by atoms with Crippen LogP contribution in [0.3, 0.4) is 0 Å². The summed E-state index contributed by atoms with van der Waals surface area (Å²) in [6, 6.07) is 7.10. The maximum absolute atomic E-state index is 5.91. The summed E-state index contributed by atoms with van der Waals surface area (Å²) in [6.07, 6.45) is 2.33. The number of anilines is 1. The summed E-state index contributed by atoms with van der Waals surface area (Å²) in [4.78, 5) is 2.34. The summed E-state index contributed by atoms with van der Waals surface area (Å²) in [5, 5.41) is 0. The van der Waals surface area contributed by atoms with Crippen LogP contribution in [0.5, 0.6) is 0 Å². The van der Waals surface area contributed by atoms with Crippen LogP contribution >= 0.6 is 15.9 Å². The minimum atomic E-state index is 0.0666. The quantitative estimate of drug-likeness (QED) is 0.887. The second-order valence-electron chi connectivity index (χ2n) is 4.58. The van der Waals surface area contributed by atoms with Crippen molar-refractivity contribution in [1.29, 1.82) is 0 Å². The molecule has 1 aromatic carbocycles. The van der Waals surface area contributed by atoms with Crippen molar-refractivity contribution < 1.29 is 0 Å². The molecule has 0 radical (unpaired) electrons. The molecule has 0 spiro atoms. The molecule has 96 valence electrons. The van der Waals surface area contributed by atoms with Gasteiger partial charge in [0, 0.05) is 29.3 Å². The number of nitrogens with two attached hydrogens (primary N) is 1. The van der Waals surface area contributed by atoms with E-state index < -0.39 is 0 Å². The van der Waals surface area contributed by atoms with Gasteiger partial charge in [-0.25, -0.2) is 0 Å². The van der Waals surface area contributed by atoms with Crippen LogP contribution in [0, 0.1) is 0 Å². The van der Waals surface area contributed by atoms with Crippen LogP contribution in [0.25, 0.3) is 0 Å². The molecular weight excluding hydrogens is 276 g/mol. The van der Waals surface area contributed by atoms with Crippen LogP contribution in [-0.4, -0.2) is 13.1 Å². The molecule has 1 rings (SSSR count). The summed E-state index contributed by atoms with van der Waals surface area (Å²) in [7, 11) is 2.16. The number of halogens is 1. The van der Waals surface area contributed by atoms with E-state index >= 15 is 0 Å². The number of hydrogen-bond acceptors (Lipinski definition) is 2. The molecule has 0 aromatic heterocycles. The molecule has 0 fully saturated rings. The molecule has 1 atom stereocenters. The van der Waals surface area contributed by atoms with Gasteiger partial charge in [0.05, 0.1) is 0 Å². The van der Waals surface area contributed by atoms with E-state index in [4.69, 9.17) is 5.73 Å². The molecule has 0 heterocycles. The topological polar surface area (TPSA) is 29.3 Å². The minimum Gasteiger partial charge on any atom is -0.372 e. The monoisotopic (exact) mass is 298 g/mol. The van der Waals surface area contributed by atoms with E-state index in [9.17, 15) is 0 Å². The summed E-state index contributed by atoms with van der Waals surface area (Å²) in [5.41, 5.74) is 8.31. The Morgan fingerprint density at radius 1 is 1.29 bits per heavy atom. The molecule has 0 aliphatic heterocycles. The van der Waals surface area contributed by atoms with Crippen molar-refractivity contribution in [3.63, 3.8) is 0 Å². The lowest BCUT2D eigenvalue weighted by molar-refractivity contribution is 0.591. The fourth-order valence-electron chi connectivity index (χ4n) is 2.15. The summed E-state index contributed by atoms with van der Waals surface area (Å²) < 4.78 is 1.10. The fourth-order valence-corrected chi connectivity index (χ4v) is 2.88. The van der Waals surface area contributed by atoms with Crippen molar-refractivity contribution in [2.24, 2.45) is 5.73 Å². The highest BCUT2D eigenvalue weighted by Gasteiger charge is 2.13. The third kappa shape index (κ3) is 3.46. The van der Waals surface area contributed by atoms with Crippen molar-refractivity contribution in [2.75, 3.05) is 11.9 Å². The number of nitrogens with zero attached hydrogens (tertiary/aromatic N) is 1. The molecule has 0 amide bonds. The van der Waals surface area contributed by atoms with Gasteiger partial charge in [-0.3, -0.25) is 0 Å². The normalized spacial score (nSPS) is 12.9. The van der Waals surface area contributed by atoms with Crippen molar-refractivity contribution in [3.8, 4) is 0 Å². The Morgan fingerprint density at radius 2 is 1.88 bits per heavy atom. The summed E-state index contributed by atoms with van der Waals surface area (Å²) >= 11 is 3.60. The average molecular weight is 299 g/mol. The third-order valence-corrected chi connectivity index (χ3v) is 4.06.